The number of rotatable bonds is 4. The van der Waals surface area contributed by atoms with Gasteiger partial charge in [0.15, 0.2) is 0 Å². The summed E-state index contributed by atoms with van der Waals surface area (Å²) in [7, 11) is 0. The normalized spacial score (nSPS) is 18.1. The minimum absolute atomic E-state index is 0.0400. The third-order valence-corrected chi connectivity index (χ3v) is 2.54. The van der Waals surface area contributed by atoms with Gasteiger partial charge in [-0.05, 0) is 12.8 Å². The van der Waals surface area contributed by atoms with Crippen molar-refractivity contribution in [3.8, 4) is 0 Å². The summed E-state index contributed by atoms with van der Waals surface area (Å²) in [4.78, 5) is 10.3. The Balaban J connectivity index is 1.99. The summed E-state index contributed by atoms with van der Waals surface area (Å²) in [5, 5.41) is 16.2. The monoisotopic (exact) mass is 196 g/mol. The number of nitrogens with zero attached hydrogens (tertiary/aromatic N) is 2. The highest BCUT2D eigenvalue weighted by molar-refractivity contribution is 5.66. The zero-order chi connectivity index (χ0) is 10.2. The van der Waals surface area contributed by atoms with Crippen LogP contribution in [0.1, 0.15) is 38.0 Å². The van der Waals surface area contributed by atoms with E-state index >= 15 is 0 Å². The van der Waals surface area contributed by atoms with Crippen LogP contribution in [0.4, 0.5) is 0 Å². The molecule has 1 aliphatic rings. The van der Waals surface area contributed by atoms with Crippen molar-refractivity contribution < 1.29 is 14.3 Å². The molecule has 0 atom stereocenters. The lowest BCUT2D eigenvalue weighted by Crippen LogP contribution is -1.99. The van der Waals surface area contributed by atoms with Gasteiger partial charge in [-0.1, -0.05) is 6.92 Å². The molecule has 1 saturated carbocycles. The molecule has 5 heteroatoms. The van der Waals surface area contributed by atoms with Gasteiger partial charge < -0.3 is 9.52 Å². The largest absolute Gasteiger partial charge is 0.481 e. The Hall–Kier alpha value is -1.39. The summed E-state index contributed by atoms with van der Waals surface area (Å²) in [5.41, 5.74) is 0.0640. The Bertz CT molecular complexity index is 355. The van der Waals surface area contributed by atoms with E-state index in [1.165, 1.54) is 0 Å². The van der Waals surface area contributed by atoms with Crippen LogP contribution in [0.15, 0.2) is 4.42 Å². The second-order valence-corrected chi connectivity index (χ2v) is 3.96. The first-order valence-electron chi connectivity index (χ1n) is 4.65. The van der Waals surface area contributed by atoms with Crippen molar-refractivity contribution in [2.75, 3.05) is 0 Å². The summed E-state index contributed by atoms with van der Waals surface area (Å²) in [6.45, 7) is 2.07. The maximum Gasteiger partial charge on any atom is 0.303 e. The lowest BCUT2D eigenvalue weighted by Gasteiger charge is -1.98. The molecule has 0 bridgehead atoms. The fraction of sp³-hybridized carbons (Fsp3) is 0.667. The molecule has 0 amide bonds. The van der Waals surface area contributed by atoms with Crippen LogP contribution in [-0.4, -0.2) is 21.3 Å². The Morgan fingerprint density at radius 2 is 2.29 bits per heavy atom. The van der Waals surface area contributed by atoms with Gasteiger partial charge in [-0.3, -0.25) is 4.79 Å². The van der Waals surface area contributed by atoms with E-state index in [9.17, 15) is 4.79 Å². The van der Waals surface area contributed by atoms with E-state index in [1.807, 2.05) is 0 Å². The highest BCUT2D eigenvalue weighted by Crippen LogP contribution is 2.46. The second-order valence-electron chi connectivity index (χ2n) is 3.96. The third-order valence-electron chi connectivity index (χ3n) is 2.54. The van der Waals surface area contributed by atoms with Crippen molar-refractivity contribution in [3.05, 3.63) is 11.8 Å². The van der Waals surface area contributed by atoms with Crippen molar-refractivity contribution >= 4 is 5.97 Å². The topological polar surface area (TPSA) is 76.2 Å². The molecule has 0 saturated heterocycles. The molecule has 0 radical (unpaired) electrons. The van der Waals surface area contributed by atoms with Gasteiger partial charge in [0.2, 0.25) is 11.8 Å². The van der Waals surface area contributed by atoms with Gasteiger partial charge in [-0.15, -0.1) is 10.2 Å². The highest BCUT2D eigenvalue weighted by atomic mass is 16.4. The van der Waals surface area contributed by atoms with Crippen LogP contribution >= 0.6 is 0 Å². The van der Waals surface area contributed by atoms with Gasteiger partial charge in [0, 0.05) is 11.8 Å². The van der Waals surface area contributed by atoms with Crippen molar-refractivity contribution in [1.29, 1.82) is 0 Å². The van der Waals surface area contributed by atoms with Gasteiger partial charge in [0.05, 0.1) is 6.42 Å². The van der Waals surface area contributed by atoms with E-state index in [2.05, 4.69) is 17.1 Å². The van der Waals surface area contributed by atoms with Crippen LogP contribution in [0, 0.1) is 0 Å². The molecule has 1 aromatic rings. The standard InChI is InChI=1S/C9H12N2O3/c1-9(4-5-9)8-11-10-6(14-8)2-3-7(12)13/h2-5H2,1H3,(H,12,13). The number of aliphatic carboxylic acids is 1. The quantitative estimate of drug-likeness (QED) is 0.781. The summed E-state index contributed by atoms with van der Waals surface area (Å²) in [6.07, 6.45) is 2.51. The van der Waals surface area contributed by atoms with E-state index in [0.717, 1.165) is 12.8 Å². The maximum absolute atomic E-state index is 10.3. The number of hydrogen-bond acceptors (Lipinski definition) is 4. The van der Waals surface area contributed by atoms with Crippen LogP contribution in [0.3, 0.4) is 0 Å². The van der Waals surface area contributed by atoms with Crippen LogP contribution in [0.5, 0.6) is 0 Å². The number of aromatic nitrogens is 2. The number of carboxylic acid groups (broad SMARTS) is 1. The summed E-state index contributed by atoms with van der Waals surface area (Å²) >= 11 is 0. The molecule has 1 aliphatic carbocycles. The lowest BCUT2D eigenvalue weighted by molar-refractivity contribution is -0.137. The Morgan fingerprint density at radius 3 is 2.86 bits per heavy atom. The minimum atomic E-state index is -0.845. The first-order chi connectivity index (χ1) is 6.60. The van der Waals surface area contributed by atoms with Crippen LogP contribution in [0.25, 0.3) is 0 Å². The fourth-order valence-corrected chi connectivity index (χ4v) is 1.21. The summed E-state index contributed by atoms with van der Waals surface area (Å²) < 4.78 is 5.38. The number of hydrogen-bond donors (Lipinski definition) is 1. The van der Waals surface area contributed by atoms with Crippen molar-refractivity contribution in [3.63, 3.8) is 0 Å². The molecule has 0 aromatic carbocycles. The number of carbonyl (C=O) groups is 1. The molecule has 1 heterocycles. The molecular weight excluding hydrogens is 184 g/mol. The van der Waals surface area contributed by atoms with Gasteiger partial charge in [0.1, 0.15) is 0 Å². The molecule has 0 spiro atoms. The van der Waals surface area contributed by atoms with Crippen LogP contribution in [0.2, 0.25) is 0 Å². The molecule has 0 unspecified atom stereocenters. The zero-order valence-corrected chi connectivity index (χ0v) is 7.99. The van der Waals surface area contributed by atoms with Crippen LogP contribution < -0.4 is 0 Å². The first kappa shape index (κ1) is 9.18. The second kappa shape index (κ2) is 3.08. The average Bonchev–Trinajstić information content (AvgIpc) is 2.70. The van der Waals surface area contributed by atoms with E-state index in [1.54, 1.807) is 0 Å². The number of carboxylic acids is 1. The van der Waals surface area contributed by atoms with Gasteiger partial charge in [0.25, 0.3) is 0 Å². The van der Waals surface area contributed by atoms with Gasteiger partial charge in [-0.25, -0.2) is 0 Å². The molecule has 1 fully saturated rings. The molecule has 76 valence electrons. The van der Waals surface area contributed by atoms with Gasteiger partial charge >= 0.3 is 5.97 Å². The lowest BCUT2D eigenvalue weighted by atomic mass is 10.1. The summed E-state index contributed by atoms with van der Waals surface area (Å²) in [5.74, 6) is 0.232. The maximum atomic E-state index is 10.3. The first-order valence-corrected chi connectivity index (χ1v) is 4.65. The molecule has 1 N–H and O–H groups in total. The van der Waals surface area contributed by atoms with Crippen LogP contribution in [-0.2, 0) is 16.6 Å². The third kappa shape index (κ3) is 1.76. The molecule has 0 aliphatic heterocycles. The molecule has 5 nitrogen and oxygen atoms in total. The molecule has 2 rings (SSSR count). The Morgan fingerprint density at radius 1 is 1.57 bits per heavy atom. The molecule has 1 aromatic heterocycles. The SMILES string of the molecule is CC1(c2nnc(CCC(=O)O)o2)CC1. The summed E-state index contributed by atoms with van der Waals surface area (Å²) in [6, 6.07) is 0. The number of aryl methyl sites for hydroxylation is 1. The van der Waals surface area contributed by atoms with Crippen molar-refractivity contribution in [2.45, 2.75) is 38.0 Å². The fourth-order valence-electron chi connectivity index (χ4n) is 1.21. The Kier molecular flexibility index (Phi) is 2.02. The predicted molar refractivity (Wildman–Crippen MR) is 46.8 cm³/mol. The van der Waals surface area contributed by atoms with E-state index in [-0.39, 0.29) is 11.8 Å². The minimum Gasteiger partial charge on any atom is -0.481 e. The van der Waals surface area contributed by atoms with Crippen molar-refractivity contribution in [1.82, 2.24) is 10.2 Å². The molecular formula is C9H12N2O3. The van der Waals surface area contributed by atoms with E-state index in [0.29, 0.717) is 18.2 Å². The average molecular weight is 196 g/mol. The van der Waals surface area contributed by atoms with Crippen molar-refractivity contribution in [2.24, 2.45) is 0 Å². The highest BCUT2D eigenvalue weighted by Gasteiger charge is 2.44. The van der Waals surface area contributed by atoms with E-state index < -0.39 is 5.97 Å². The van der Waals surface area contributed by atoms with E-state index in [4.69, 9.17) is 9.52 Å². The van der Waals surface area contributed by atoms with Gasteiger partial charge in [-0.2, -0.15) is 0 Å². The smallest absolute Gasteiger partial charge is 0.303 e. The Labute approximate surface area is 81.1 Å². The molecule has 14 heavy (non-hydrogen) atoms. The zero-order valence-electron chi connectivity index (χ0n) is 7.99. The predicted octanol–water partition coefficient (Wildman–Crippen LogP) is 1.14.